The predicted octanol–water partition coefficient (Wildman–Crippen LogP) is 0.500. The van der Waals surface area contributed by atoms with Crippen LogP contribution < -0.4 is 15.8 Å². The Morgan fingerprint density at radius 3 is 2.75 bits per heavy atom. The molecule has 0 bridgehead atoms. The molecule has 24 heavy (non-hydrogen) atoms. The monoisotopic (exact) mass is 377 g/mol. The van der Waals surface area contributed by atoms with Crippen LogP contribution in [0.2, 0.25) is 0 Å². The SMILES string of the molecule is COCCNS(=O)(=O)c1cccc(C(=O)NCC(N)C2CC2)c1.Cl. The fraction of sp³-hybridized carbons (Fsp3) is 0.533. The van der Waals surface area contributed by atoms with E-state index in [1.165, 1.54) is 19.2 Å². The van der Waals surface area contributed by atoms with E-state index in [1.54, 1.807) is 12.1 Å². The molecule has 1 aliphatic carbocycles. The Balaban J connectivity index is 0.00000288. The number of nitrogens with two attached hydrogens (primary N) is 1. The first kappa shape index (κ1) is 20.9. The van der Waals surface area contributed by atoms with Gasteiger partial charge in [-0.25, -0.2) is 13.1 Å². The second-order valence-electron chi connectivity index (χ2n) is 5.63. The number of ether oxygens (including phenoxy) is 1. The van der Waals surface area contributed by atoms with Gasteiger partial charge in [0.1, 0.15) is 0 Å². The average Bonchev–Trinajstić information content (AvgIpc) is 3.37. The van der Waals surface area contributed by atoms with Crippen LogP contribution in [-0.2, 0) is 14.8 Å². The van der Waals surface area contributed by atoms with Crippen LogP contribution >= 0.6 is 12.4 Å². The molecule has 1 aromatic rings. The minimum absolute atomic E-state index is 0. The van der Waals surface area contributed by atoms with Crippen molar-refractivity contribution in [2.75, 3.05) is 26.8 Å². The molecule has 0 heterocycles. The lowest BCUT2D eigenvalue weighted by atomic mass is 10.2. The molecular weight excluding hydrogens is 354 g/mol. The van der Waals surface area contributed by atoms with Gasteiger partial charge >= 0.3 is 0 Å². The number of benzene rings is 1. The summed E-state index contributed by atoms with van der Waals surface area (Å²) in [6.07, 6.45) is 2.22. The fourth-order valence-electron chi connectivity index (χ4n) is 2.17. The van der Waals surface area contributed by atoms with E-state index in [1.807, 2.05) is 0 Å². The Morgan fingerprint density at radius 1 is 1.42 bits per heavy atom. The van der Waals surface area contributed by atoms with Crippen molar-refractivity contribution in [3.8, 4) is 0 Å². The summed E-state index contributed by atoms with van der Waals surface area (Å²) < 4.78 is 31.5. The van der Waals surface area contributed by atoms with E-state index in [9.17, 15) is 13.2 Å². The molecule has 136 valence electrons. The van der Waals surface area contributed by atoms with Gasteiger partial charge in [0, 0.05) is 31.8 Å². The Bertz CT molecular complexity index is 650. The Morgan fingerprint density at radius 2 is 2.12 bits per heavy atom. The second kappa shape index (κ2) is 9.33. The molecule has 0 aromatic heterocycles. The van der Waals surface area contributed by atoms with Crippen LogP contribution in [0.15, 0.2) is 29.2 Å². The zero-order valence-corrected chi connectivity index (χ0v) is 15.2. The van der Waals surface area contributed by atoms with Crippen molar-refractivity contribution in [3.05, 3.63) is 29.8 Å². The predicted molar refractivity (Wildman–Crippen MR) is 93.8 cm³/mol. The van der Waals surface area contributed by atoms with Gasteiger partial charge in [-0.05, 0) is 37.0 Å². The van der Waals surface area contributed by atoms with Crippen molar-refractivity contribution in [2.45, 2.75) is 23.8 Å². The van der Waals surface area contributed by atoms with Crippen molar-refractivity contribution in [1.82, 2.24) is 10.0 Å². The van der Waals surface area contributed by atoms with Gasteiger partial charge in [0.25, 0.3) is 5.91 Å². The number of hydrogen-bond acceptors (Lipinski definition) is 5. The van der Waals surface area contributed by atoms with Crippen molar-refractivity contribution in [2.24, 2.45) is 11.7 Å². The zero-order valence-electron chi connectivity index (χ0n) is 13.5. The number of nitrogens with one attached hydrogen (secondary N) is 2. The van der Waals surface area contributed by atoms with E-state index in [-0.39, 0.29) is 42.4 Å². The molecule has 0 radical (unpaired) electrons. The molecule has 7 nitrogen and oxygen atoms in total. The van der Waals surface area contributed by atoms with E-state index in [4.69, 9.17) is 10.5 Å². The van der Waals surface area contributed by atoms with Gasteiger partial charge in [-0.1, -0.05) is 6.07 Å². The molecule has 1 fully saturated rings. The highest BCUT2D eigenvalue weighted by atomic mass is 35.5. The minimum Gasteiger partial charge on any atom is -0.383 e. The Labute approximate surface area is 148 Å². The van der Waals surface area contributed by atoms with Crippen molar-refractivity contribution in [1.29, 1.82) is 0 Å². The minimum atomic E-state index is -3.66. The van der Waals surface area contributed by atoms with Gasteiger partial charge in [-0.15, -0.1) is 12.4 Å². The standard InChI is InChI=1S/C15H23N3O4S.ClH/c1-22-8-7-18-23(20,21)13-4-2-3-12(9-13)15(19)17-10-14(16)11-5-6-11;/h2-4,9,11,14,18H,5-8,10,16H2,1H3,(H,17,19);1H. The van der Waals surface area contributed by atoms with Gasteiger partial charge in [0.15, 0.2) is 0 Å². The lowest BCUT2D eigenvalue weighted by molar-refractivity contribution is 0.0950. The van der Waals surface area contributed by atoms with Crippen LogP contribution in [0.25, 0.3) is 0 Å². The molecular formula is C15H24ClN3O4S. The summed E-state index contributed by atoms with van der Waals surface area (Å²) in [5.41, 5.74) is 6.23. The second-order valence-corrected chi connectivity index (χ2v) is 7.40. The van der Waals surface area contributed by atoms with Gasteiger partial charge in [0.2, 0.25) is 10.0 Å². The molecule has 0 spiro atoms. The Hall–Kier alpha value is -1.19. The molecule has 0 aliphatic heterocycles. The van der Waals surface area contributed by atoms with Gasteiger partial charge in [-0.2, -0.15) is 0 Å². The topological polar surface area (TPSA) is 111 Å². The summed E-state index contributed by atoms with van der Waals surface area (Å²) in [4.78, 5) is 12.2. The summed E-state index contributed by atoms with van der Waals surface area (Å²) in [7, 11) is -2.17. The van der Waals surface area contributed by atoms with Crippen LogP contribution in [0, 0.1) is 5.92 Å². The summed E-state index contributed by atoms with van der Waals surface area (Å²) in [6, 6.07) is 5.88. The third-order valence-electron chi connectivity index (χ3n) is 3.73. The largest absolute Gasteiger partial charge is 0.383 e. The van der Waals surface area contributed by atoms with Crippen LogP contribution in [0.5, 0.6) is 0 Å². The molecule has 1 saturated carbocycles. The highest BCUT2D eigenvalue weighted by Gasteiger charge is 2.28. The first-order valence-electron chi connectivity index (χ1n) is 7.56. The Kier molecular flexibility index (Phi) is 8.11. The summed E-state index contributed by atoms with van der Waals surface area (Å²) in [5.74, 6) is 0.169. The van der Waals surface area contributed by atoms with Crippen LogP contribution in [0.4, 0.5) is 0 Å². The fourth-order valence-corrected chi connectivity index (χ4v) is 3.23. The molecule has 0 saturated heterocycles. The highest BCUT2D eigenvalue weighted by Crippen LogP contribution is 2.31. The third kappa shape index (κ3) is 6.03. The first-order chi connectivity index (χ1) is 10.9. The summed E-state index contributed by atoms with van der Waals surface area (Å²) in [6.45, 7) is 0.844. The van der Waals surface area contributed by atoms with Crippen LogP contribution in [0.1, 0.15) is 23.2 Å². The number of carbonyl (C=O) groups excluding carboxylic acids is 1. The molecule has 9 heteroatoms. The molecule has 1 atom stereocenters. The smallest absolute Gasteiger partial charge is 0.251 e. The van der Waals surface area contributed by atoms with Crippen molar-refractivity contribution >= 4 is 28.3 Å². The number of amides is 1. The third-order valence-corrected chi connectivity index (χ3v) is 5.19. The first-order valence-corrected chi connectivity index (χ1v) is 9.05. The van der Waals surface area contributed by atoms with E-state index in [0.29, 0.717) is 18.0 Å². The maximum atomic E-state index is 12.1. The lowest BCUT2D eigenvalue weighted by Gasteiger charge is -2.12. The van der Waals surface area contributed by atoms with Gasteiger partial charge in [-0.3, -0.25) is 4.79 Å². The van der Waals surface area contributed by atoms with Gasteiger partial charge < -0.3 is 15.8 Å². The molecule has 2 rings (SSSR count). The molecule has 4 N–H and O–H groups in total. The summed E-state index contributed by atoms with van der Waals surface area (Å²) >= 11 is 0. The quantitative estimate of drug-likeness (QED) is 0.543. The average molecular weight is 378 g/mol. The zero-order chi connectivity index (χ0) is 16.9. The molecule has 1 aliphatic rings. The van der Waals surface area contributed by atoms with E-state index >= 15 is 0 Å². The molecule has 1 unspecified atom stereocenters. The normalized spacial score (nSPS) is 15.4. The van der Waals surface area contributed by atoms with Crippen molar-refractivity contribution < 1.29 is 17.9 Å². The van der Waals surface area contributed by atoms with Crippen LogP contribution in [0.3, 0.4) is 0 Å². The number of hydrogen-bond donors (Lipinski definition) is 3. The number of methoxy groups -OCH3 is 1. The van der Waals surface area contributed by atoms with E-state index < -0.39 is 10.0 Å². The van der Waals surface area contributed by atoms with E-state index in [2.05, 4.69) is 10.0 Å². The van der Waals surface area contributed by atoms with Gasteiger partial charge in [0.05, 0.1) is 11.5 Å². The maximum Gasteiger partial charge on any atom is 0.251 e. The lowest BCUT2D eigenvalue weighted by Crippen LogP contribution is -2.38. The number of carbonyl (C=O) groups is 1. The molecule has 1 amide bonds. The highest BCUT2D eigenvalue weighted by molar-refractivity contribution is 7.89. The molecule has 1 aromatic carbocycles. The number of sulfonamides is 1. The van der Waals surface area contributed by atoms with Crippen LogP contribution in [-0.4, -0.2) is 47.2 Å². The number of rotatable bonds is 9. The summed E-state index contributed by atoms with van der Waals surface area (Å²) in [5, 5.41) is 2.75. The van der Waals surface area contributed by atoms with E-state index in [0.717, 1.165) is 12.8 Å². The number of halogens is 1. The van der Waals surface area contributed by atoms with Crippen molar-refractivity contribution in [3.63, 3.8) is 0 Å². The maximum absolute atomic E-state index is 12.1.